The smallest absolute Gasteiger partial charge is 0.326 e. The number of likely N-dealkylation sites (tertiary alicyclic amines) is 1. The molecule has 2 aromatic heterocycles. The quantitative estimate of drug-likeness (QED) is 0.120. The number of carbonyl (C=O) groups excluding carboxylic acids is 2. The summed E-state index contributed by atoms with van der Waals surface area (Å²) in [4.78, 5) is 50.5. The highest BCUT2D eigenvalue weighted by Crippen LogP contribution is 2.29. The van der Waals surface area contributed by atoms with E-state index in [1.807, 2.05) is 30.3 Å². The van der Waals surface area contributed by atoms with Gasteiger partial charge in [0.15, 0.2) is 0 Å². The fraction of sp³-hybridized carbons (Fsp3) is 0.286. The predicted octanol–water partition coefficient (Wildman–Crippen LogP) is 4.26. The van der Waals surface area contributed by atoms with Crippen molar-refractivity contribution in [2.24, 2.45) is 5.84 Å². The number of methoxy groups -OCH3 is 1. The molecule has 6 rings (SSSR count). The Balaban J connectivity index is 1.23. The van der Waals surface area contributed by atoms with Crippen LogP contribution in [0.4, 0.5) is 5.82 Å². The van der Waals surface area contributed by atoms with E-state index in [4.69, 9.17) is 27.2 Å². The van der Waals surface area contributed by atoms with Crippen LogP contribution in [-0.4, -0.2) is 76.6 Å². The van der Waals surface area contributed by atoms with Gasteiger partial charge in [-0.05, 0) is 62.1 Å². The van der Waals surface area contributed by atoms with Gasteiger partial charge in [-0.2, -0.15) is 0 Å². The third-order valence-corrected chi connectivity index (χ3v) is 8.96. The van der Waals surface area contributed by atoms with E-state index in [2.05, 4.69) is 27.2 Å². The molecule has 2 atom stereocenters. The van der Waals surface area contributed by atoms with Crippen LogP contribution < -0.4 is 16.2 Å². The number of nitrogens with two attached hydrogens (primary N) is 1. The number of amides is 2. The first-order chi connectivity index (χ1) is 22.7. The van der Waals surface area contributed by atoms with Gasteiger partial charge in [0.25, 0.3) is 11.8 Å². The Morgan fingerprint density at radius 1 is 1.04 bits per heavy atom. The standard InChI is InChI=1S/C35H33ClN6O5/c1-47-25-13-15-41(20-25)32-18-30-27(19-38-32)26(33(43)40-37)17-29(39-30)23-9-6-21(7-10-23)5-8-22-11-12-24(16-28(22)36)34(44)42-14-3-2-4-31(42)35(45)46/h6-7,9-12,16-19,25,31H,2-4,13-15,20,37H2,1H3,(H,40,43)(H,45,46). The van der Waals surface area contributed by atoms with Crippen LogP contribution in [0.1, 0.15) is 57.5 Å². The number of carboxylic acids is 1. The second-order valence-electron chi connectivity index (χ2n) is 11.6. The first-order valence-corrected chi connectivity index (χ1v) is 15.7. The minimum absolute atomic E-state index is 0.143. The largest absolute Gasteiger partial charge is 0.480 e. The number of piperidine rings is 1. The molecule has 4 aromatic rings. The highest BCUT2D eigenvalue weighted by Gasteiger charge is 2.32. The Morgan fingerprint density at radius 2 is 1.85 bits per heavy atom. The van der Waals surface area contributed by atoms with Gasteiger partial charge in [-0.25, -0.2) is 20.6 Å². The molecule has 240 valence electrons. The number of hydrazine groups is 1. The number of hydrogen-bond donors (Lipinski definition) is 3. The highest BCUT2D eigenvalue weighted by atomic mass is 35.5. The van der Waals surface area contributed by atoms with Crippen molar-refractivity contribution < 1.29 is 24.2 Å². The second-order valence-corrected chi connectivity index (χ2v) is 12.0. The maximum atomic E-state index is 13.1. The van der Waals surface area contributed by atoms with Crippen molar-refractivity contribution in [1.82, 2.24) is 20.3 Å². The lowest BCUT2D eigenvalue weighted by Gasteiger charge is -2.33. The van der Waals surface area contributed by atoms with Gasteiger partial charge in [-0.15, -0.1) is 0 Å². The summed E-state index contributed by atoms with van der Waals surface area (Å²) >= 11 is 6.50. The molecular formula is C35H33ClN6O5. The van der Waals surface area contributed by atoms with Crippen LogP contribution in [0, 0.1) is 11.8 Å². The number of carbonyl (C=O) groups is 3. The number of halogens is 1. The van der Waals surface area contributed by atoms with Gasteiger partial charge >= 0.3 is 5.97 Å². The van der Waals surface area contributed by atoms with Crippen LogP contribution in [0.15, 0.2) is 60.8 Å². The first-order valence-electron chi connectivity index (χ1n) is 15.3. The summed E-state index contributed by atoms with van der Waals surface area (Å²) in [6, 6.07) is 15.0. The fourth-order valence-corrected chi connectivity index (χ4v) is 6.26. The molecule has 2 aliphatic heterocycles. The van der Waals surface area contributed by atoms with Crippen molar-refractivity contribution in [1.29, 1.82) is 0 Å². The van der Waals surface area contributed by atoms with Gasteiger partial charge in [-0.1, -0.05) is 35.6 Å². The number of ether oxygens (including phenoxy) is 1. The number of anilines is 1. The summed E-state index contributed by atoms with van der Waals surface area (Å²) in [5, 5.41) is 10.4. The first kappa shape index (κ1) is 31.9. The number of aromatic nitrogens is 2. The monoisotopic (exact) mass is 652 g/mol. The molecule has 2 aliphatic rings. The molecule has 4 heterocycles. The molecule has 11 nitrogen and oxygen atoms in total. The molecule has 0 saturated carbocycles. The zero-order valence-electron chi connectivity index (χ0n) is 25.7. The van der Waals surface area contributed by atoms with Gasteiger partial charge in [0.05, 0.1) is 27.9 Å². The summed E-state index contributed by atoms with van der Waals surface area (Å²) in [6.45, 7) is 1.94. The van der Waals surface area contributed by atoms with Gasteiger partial charge in [0, 0.05) is 66.6 Å². The molecule has 0 radical (unpaired) electrons. The second kappa shape index (κ2) is 13.8. The van der Waals surface area contributed by atoms with Crippen LogP contribution in [0.5, 0.6) is 0 Å². The maximum absolute atomic E-state index is 13.1. The van der Waals surface area contributed by atoms with E-state index in [0.29, 0.717) is 51.3 Å². The molecule has 0 spiro atoms. The number of fused-ring (bicyclic) bond motifs is 1. The van der Waals surface area contributed by atoms with Crippen molar-refractivity contribution in [3.05, 3.63) is 88.1 Å². The molecule has 4 N–H and O–H groups in total. The van der Waals surface area contributed by atoms with Crippen molar-refractivity contribution >= 4 is 46.1 Å². The molecule has 12 heteroatoms. The van der Waals surface area contributed by atoms with E-state index in [9.17, 15) is 19.5 Å². The summed E-state index contributed by atoms with van der Waals surface area (Å²) in [5.41, 5.74) is 6.15. The van der Waals surface area contributed by atoms with Gasteiger partial charge in [0.1, 0.15) is 11.9 Å². The van der Waals surface area contributed by atoms with Gasteiger partial charge in [0.2, 0.25) is 0 Å². The predicted molar refractivity (Wildman–Crippen MR) is 178 cm³/mol. The van der Waals surface area contributed by atoms with E-state index in [-0.39, 0.29) is 12.0 Å². The Labute approximate surface area is 276 Å². The average Bonchev–Trinajstić information content (AvgIpc) is 3.59. The fourth-order valence-electron chi connectivity index (χ4n) is 6.04. The van der Waals surface area contributed by atoms with Crippen LogP contribution in [-0.2, 0) is 9.53 Å². The number of carboxylic acid groups (broad SMARTS) is 1. The Morgan fingerprint density at radius 3 is 2.55 bits per heavy atom. The van der Waals surface area contributed by atoms with Crippen LogP contribution >= 0.6 is 11.6 Å². The number of rotatable bonds is 6. The molecule has 2 fully saturated rings. The van der Waals surface area contributed by atoms with Crippen molar-refractivity contribution in [3.63, 3.8) is 0 Å². The van der Waals surface area contributed by atoms with E-state index < -0.39 is 17.9 Å². The van der Waals surface area contributed by atoms with Crippen molar-refractivity contribution in [2.75, 3.05) is 31.6 Å². The van der Waals surface area contributed by atoms with Crippen molar-refractivity contribution in [3.8, 4) is 23.1 Å². The van der Waals surface area contributed by atoms with Crippen LogP contribution in [0.2, 0.25) is 5.02 Å². The summed E-state index contributed by atoms with van der Waals surface area (Å²) in [5.74, 6) is 10.6. The molecule has 2 aromatic carbocycles. The van der Waals surface area contributed by atoms with E-state index in [1.165, 1.54) is 11.0 Å². The highest BCUT2D eigenvalue weighted by molar-refractivity contribution is 6.32. The lowest BCUT2D eigenvalue weighted by Crippen LogP contribution is -2.47. The third kappa shape index (κ3) is 6.76. The van der Waals surface area contributed by atoms with E-state index >= 15 is 0 Å². The Kier molecular flexibility index (Phi) is 9.36. The number of nitrogen functional groups attached to an aromatic ring is 1. The number of nitrogens with one attached hydrogen (secondary N) is 1. The summed E-state index contributed by atoms with van der Waals surface area (Å²) in [7, 11) is 1.71. The van der Waals surface area contributed by atoms with Gasteiger partial charge in [-0.3, -0.25) is 15.0 Å². The minimum Gasteiger partial charge on any atom is -0.480 e. The summed E-state index contributed by atoms with van der Waals surface area (Å²) in [6.07, 6.45) is 4.67. The molecule has 0 aliphatic carbocycles. The number of pyridine rings is 2. The number of hydrogen-bond acceptors (Lipinski definition) is 8. The Hall–Kier alpha value is -5.02. The number of aliphatic carboxylic acids is 1. The normalized spacial score (nSPS) is 17.7. The van der Waals surface area contributed by atoms with Crippen LogP contribution in [0.25, 0.3) is 22.2 Å². The topological polar surface area (TPSA) is 151 Å². The molecular weight excluding hydrogens is 620 g/mol. The lowest BCUT2D eigenvalue weighted by molar-refractivity contribution is -0.143. The van der Waals surface area contributed by atoms with Crippen LogP contribution in [0.3, 0.4) is 0 Å². The SMILES string of the molecule is COC1CCN(c2cc3nc(-c4ccc(C#Cc5ccc(C(=O)N6CCCCC6C(=O)O)cc5Cl)cc4)cc(C(=O)NN)c3cn2)C1. The molecule has 2 unspecified atom stereocenters. The molecule has 0 bridgehead atoms. The lowest BCUT2D eigenvalue weighted by atomic mass is 10.0. The summed E-state index contributed by atoms with van der Waals surface area (Å²) < 4.78 is 5.50. The van der Waals surface area contributed by atoms with E-state index in [1.54, 1.807) is 31.5 Å². The minimum atomic E-state index is -1.000. The Bertz CT molecular complexity index is 1920. The van der Waals surface area contributed by atoms with Crippen molar-refractivity contribution in [2.45, 2.75) is 37.8 Å². The number of nitrogens with zero attached hydrogens (tertiary/aromatic N) is 4. The molecule has 2 amide bonds. The zero-order chi connectivity index (χ0) is 33.1. The molecule has 2 saturated heterocycles. The maximum Gasteiger partial charge on any atom is 0.326 e. The third-order valence-electron chi connectivity index (χ3n) is 8.64. The van der Waals surface area contributed by atoms with Gasteiger partial charge < -0.3 is 19.6 Å². The number of benzene rings is 2. The average molecular weight is 653 g/mol. The zero-order valence-corrected chi connectivity index (χ0v) is 26.5. The molecule has 47 heavy (non-hydrogen) atoms. The van der Waals surface area contributed by atoms with E-state index in [0.717, 1.165) is 49.3 Å².